The third-order valence-electron chi connectivity index (χ3n) is 4.14. The van der Waals surface area contributed by atoms with Crippen LogP contribution < -0.4 is 4.90 Å². The van der Waals surface area contributed by atoms with Crippen molar-refractivity contribution in [3.05, 3.63) is 17.8 Å². The standard InChI is InChI=1S/C14H22N6O2S2/c1-4-18-10-13(16-12(18)3)24(21,22)20-7-5-6-19(8-9-20)14-15-11(2)17-23-14/h10H,4-9H2,1-3H3. The Balaban J connectivity index is 1.77. The normalized spacial score (nSPS) is 17.2. The van der Waals surface area contributed by atoms with Gasteiger partial charge in [-0.1, -0.05) is 0 Å². The van der Waals surface area contributed by atoms with Crippen molar-refractivity contribution in [3.63, 3.8) is 0 Å². The second-order valence-electron chi connectivity index (χ2n) is 5.78. The van der Waals surface area contributed by atoms with Gasteiger partial charge in [0, 0.05) is 50.5 Å². The van der Waals surface area contributed by atoms with Crippen molar-refractivity contribution in [2.75, 3.05) is 31.1 Å². The van der Waals surface area contributed by atoms with E-state index in [4.69, 9.17) is 0 Å². The van der Waals surface area contributed by atoms with Crippen LogP contribution in [0.2, 0.25) is 0 Å². The molecule has 0 atom stereocenters. The van der Waals surface area contributed by atoms with E-state index in [-0.39, 0.29) is 5.03 Å². The Labute approximate surface area is 146 Å². The average molecular weight is 371 g/mol. The van der Waals surface area contributed by atoms with Crippen molar-refractivity contribution in [2.24, 2.45) is 0 Å². The SMILES string of the molecule is CCn1cc(S(=O)(=O)N2CCCN(c3nc(C)ns3)CC2)nc1C. The Morgan fingerprint density at radius 2 is 1.96 bits per heavy atom. The molecule has 0 aromatic carbocycles. The second-order valence-corrected chi connectivity index (χ2v) is 8.40. The minimum atomic E-state index is -3.56. The topological polar surface area (TPSA) is 84.2 Å². The fourth-order valence-corrected chi connectivity index (χ4v) is 4.99. The van der Waals surface area contributed by atoms with Crippen LogP contribution >= 0.6 is 11.5 Å². The first-order valence-corrected chi connectivity index (χ1v) is 10.2. The lowest BCUT2D eigenvalue weighted by atomic mass is 10.4. The van der Waals surface area contributed by atoms with E-state index in [1.807, 2.05) is 25.3 Å². The van der Waals surface area contributed by atoms with Crippen molar-refractivity contribution in [1.82, 2.24) is 23.2 Å². The summed E-state index contributed by atoms with van der Waals surface area (Å²) >= 11 is 1.36. The molecule has 1 aliphatic heterocycles. The van der Waals surface area contributed by atoms with Crippen LogP contribution in [0.25, 0.3) is 0 Å². The molecule has 24 heavy (non-hydrogen) atoms. The number of aromatic nitrogens is 4. The third-order valence-corrected chi connectivity index (χ3v) is 6.78. The molecule has 3 rings (SSSR count). The molecule has 0 spiro atoms. The molecule has 132 valence electrons. The summed E-state index contributed by atoms with van der Waals surface area (Å²) in [5.41, 5.74) is 0. The van der Waals surface area contributed by atoms with Gasteiger partial charge in [-0.3, -0.25) is 0 Å². The van der Waals surface area contributed by atoms with Gasteiger partial charge < -0.3 is 9.47 Å². The zero-order chi connectivity index (χ0) is 17.3. The van der Waals surface area contributed by atoms with Crippen molar-refractivity contribution >= 4 is 26.7 Å². The summed E-state index contributed by atoms with van der Waals surface area (Å²) in [5.74, 6) is 1.47. The molecule has 0 radical (unpaired) electrons. The third kappa shape index (κ3) is 3.31. The van der Waals surface area contributed by atoms with Crippen LogP contribution in [-0.2, 0) is 16.6 Å². The second kappa shape index (κ2) is 6.77. The summed E-state index contributed by atoms with van der Waals surface area (Å²) in [7, 11) is -3.56. The average Bonchev–Trinajstić information content (AvgIpc) is 3.05. The van der Waals surface area contributed by atoms with Crippen LogP contribution in [0, 0.1) is 13.8 Å². The predicted octanol–water partition coefficient (Wildman–Crippen LogP) is 1.27. The summed E-state index contributed by atoms with van der Waals surface area (Å²) in [6.07, 6.45) is 2.38. The zero-order valence-electron chi connectivity index (χ0n) is 14.1. The maximum absolute atomic E-state index is 12.9. The van der Waals surface area contributed by atoms with Gasteiger partial charge in [0.1, 0.15) is 11.6 Å². The quantitative estimate of drug-likeness (QED) is 0.806. The first-order chi connectivity index (χ1) is 11.4. The number of anilines is 1. The van der Waals surface area contributed by atoms with E-state index >= 15 is 0 Å². The highest BCUT2D eigenvalue weighted by Gasteiger charge is 2.30. The van der Waals surface area contributed by atoms with Crippen LogP contribution in [0.4, 0.5) is 5.13 Å². The maximum Gasteiger partial charge on any atom is 0.262 e. The highest BCUT2D eigenvalue weighted by molar-refractivity contribution is 7.89. The summed E-state index contributed by atoms with van der Waals surface area (Å²) < 4.78 is 33.3. The van der Waals surface area contributed by atoms with Crippen molar-refractivity contribution in [3.8, 4) is 0 Å². The predicted molar refractivity (Wildman–Crippen MR) is 92.9 cm³/mol. The zero-order valence-corrected chi connectivity index (χ0v) is 15.8. The molecule has 0 unspecified atom stereocenters. The number of imidazole rings is 1. The number of rotatable bonds is 4. The van der Waals surface area contributed by atoms with Gasteiger partial charge in [-0.05, 0) is 27.2 Å². The molecule has 1 saturated heterocycles. The Bertz CT molecular complexity index is 813. The molecule has 2 aromatic rings. The minimum Gasteiger partial charge on any atom is -0.345 e. The number of nitrogens with zero attached hydrogens (tertiary/aromatic N) is 6. The molecular formula is C14H22N6O2S2. The highest BCUT2D eigenvalue weighted by atomic mass is 32.2. The van der Waals surface area contributed by atoms with Crippen LogP contribution in [0.15, 0.2) is 11.2 Å². The summed E-state index contributed by atoms with van der Waals surface area (Å²) in [5, 5.41) is 1.000. The first-order valence-electron chi connectivity index (χ1n) is 8.01. The van der Waals surface area contributed by atoms with E-state index in [0.29, 0.717) is 26.2 Å². The Morgan fingerprint density at radius 1 is 1.17 bits per heavy atom. The van der Waals surface area contributed by atoms with Gasteiger partial charge in [-0.2, -0.15) is 8.68 Å². The fourth-order valence-electron chi connectivity index (χ4n) is 2.80. The highest BCUT2D eigenvalue weighted by Crippen LogP contribution is 2.22. The van der Waals surface area contributed by atoms with Crippen molar-refractivity contribution < 1.29 is 8.42 Å². The molecule has 0 bridgehead atoms. The Morgan fingerprint density at radius 3 is 2.58 bits per heavy atom. The van der Waals surface area contributed by atoms with E-state index in [9.17, 15) is 8.42 Å². The maximum atomic E-state index is 12.9. The molecule has 3 heterocycles. The molecule has 0 N–H and O–H groups in total. The van der Waals surface area contributed by atoms with Crippen LogP contribution in [0.5, 0.6) is 0 Å². The number of hydrogen-bond acceptors (Lipinski definition) is 7. The van der Waals surface area contributed by atoms with Gasteiger partial charge in [-0.15, -0.1) is 0 Å². The van der Waals surface area contributed by atoms with Gasteiger partial charge in [0.05, 0.1) is 0 Å². The van der Waals surface area contributed by atoms with Gasteiger partial charge in [0.2, 0.25) is 5.13 Å². The van der Waals surface area contributed by atoms with Gasteiger partial charge >= 0.3 is 0 Å². The molecular weight excluding hydrogens is 348 g/mol. The molecule has 1 fully saturated rings. The van der Waals surface area contributed by atoms with E-state index < -0.39 is 10.0 Å². The molecule has 0 saturated carbocycles. The van der Waals surface area contributed by atoms with Crippen LogP contribution in [0.1, 0.15) is 25.0 Å². The van der Waals surface area contributed by atoms with Gasteiger partial charge in [0.15, 0.2) is 5.03 Å². The summed E-state index contributed by atoms with van der Waals surface area (Å²) in [6.45, 7) is 8.68. The Kier molecular flexibility index (Phi) is 4.88. The lowest BCUT2D eigenvalue weighted by Gasteiger charge is -2.20. The first kappa shape index (κ1) is 17.3. The fraction of sp³-hybridized carbons (Fsp3) is 0.643. The van der Waals surface area contributed by atoms with E-state index in [1.54, 1.807) is 6.20 Å². The smallest absolute Gasteiger partial charge is 0.262 e. The molecule has 0 aliphatic carbocycles. The molecule has 2 aromatic heterocycles. The lowest BCUT2D eigenvalue weighted by Crippen LogP contribution is -2.35. The summed E-state index contributed by atoms with van der Waals surface area (Å²) in [4.78, 5) is 10.7. The van der Waals surface area contributed by atoms with E-state index in [1.165, 1.54) is 15.8 Å². The summed E-state index contributed by atoms with van der Waals surface area (Å²) in [6, 6.07) is 0. The number of aryl methyl sites for hydroxylation is 3. The largest absolute Gasteiger partial charge is 0.345 e. The number of sulfonamides is 1. The molecule has 0 amide bonds. The minimum absolute atomic E-state index is 0.141. The number of hydrogen-bond donors (Lipinski definition) is 0. The van der Waals surface area contributed by atoms with Gasteiger partial charge in [0.25, 0.3) is 10.0 Å². The van der Waals surface area contributed by atoms with Crippen LogP contribution in [0.3, 0.4) is 0 Å². The lowest BCUT2D eigenvalue weighted by molar-refractivity contribution is 0.431. The van der Waals surface area contributed by atoms with Crippen molar-refractivity contribution in [2.45, 2.75) is 38.8 Å². The van der Waals surface area contributed by atoms with Crippen LogP contribution in [-0.4, -0.2) is 57.8 Å². The Hall–Kier alpha value is -1.52. The van der Waals surface area contributed by atoms with E-state index in [2.05, 4.69) is 19.2 Å². The molecule has 10 heteroatoms. The van der Waals surface area contributed by atoms with Crippen molar-refractivity contribution in [1.29, 1.82) is 0 Å². The molecule has 1 aliphatic rings. The monoisotopic (exact) mass is 370 g/mol. The van der Waals surface area contributed by atoms with E-state index in [0.717, 1.165) is 29.7 Å². The van der Waals surface area contributed by atoms with Gasteiger partial charge in [-0.25, -0.2) is 18.4 Å². The molecule has 8 nitrogen and oxygen atoms in total.